The summed E-state index contributed by atoms with van der Waals surface area (Å²) in [5.74, 6) is 1.74. The van der Waals surface area contributed by atoms with Gasteiger partial charge in [0, 0.05) is 12.1 Å². The van der Waals surface area contributed by atoms with Crippen molar-refractivity contribution in [1.29, 1.82) is 0 Å². The quantitative estimate of drug-likeness (QED) is 0.646. The molecule has 20 heavy (non-hydrogen) atoms. The van der Waals surface area contributed by atoms with Gasteiger partial charge in [-0.15, -0.1) is 0 Å². The van der Waals surface area contributed by atoms with Crippen molar-refractivity contribution in [2.45, 2.75) is 26.2 Å². The van der Waals surface area contributed by atoms with Crippen molar-refractivity contribution in [2.24, 2.45) is 11.7 Å². The van der Waals surface area contributed by atoms with Crippen molar-refractivity contribution in [3.8, 4) is 5.75 Å². The molecule has 0 saturated carbocycles. The maximum absolute atomic E-state index is 5.77. The van der Waals surface area contributed by atoms with Crippen LogP contribution in [0.1, 0.15) is 31.7 Å². The molecule has 3 nitrogen and oxygen atoms in total. The summed E-state index contributed by atoms with van der Waals surface area (Å²) in [6.07, 6.45) is 3.72. The minimum atomic E-state index is 0.415. The van der Waals surface area contributed by atoms with Crippen LogP contribution in [0.5, 0.6) is 5.75 Å². The van der Waals surface area contributed by atoms with E-state index < -0.39 is 0 Å². The van der Waals surface area contributed by atoms with Crippen LogP contribution in [0, 0.1) is 5.92 Å². The van der Waals surface area contributed by atoms with Gasteiger partial charge in [-0.05, 0) is 50.4 Å². The normalized spacial score (nSPS) is 17.1. The average molecular weight is 292 g/mol. The first-order valence-electron chi connectivity index (χ1n) is 7.40. The lowest BCUT2D eigenvalue weighted by Crippen LogP contribution is -2.34. The Hall–Kier alpha value is -1.13. The molecular weight excluding hydrogens is 268 g/mol. The Labute approximate surface area is 127 Å². The number of ether oxygens (including phenoxy) is 1. The molecule has 0 radical (unpaired) electrons. The molecule has 0 bridgehead atoms. The molecule has 0 aromatic heterocycles. The highest BCUT2D eigenvalue weighted by Crippen LogP contribution is 2.16. The van der Waals surface area contributed by atoms with Crippen LogP contribution in [0.2, 0.25) is 0 Å². The Bertz CT molecular complexity index is 442. The van der Waals surface area contributed by atoms with E-state index in [1.807, 2.05) is 24.3 Å². The molecule has 0 aliphatic carbocycles. The lowest BCUT2D eigenvalue weighted by molar-refractivity contribution is 0.177. The van der Waals surface area contributed by atoms with Crippen molar-refractivity contribution in [1.82, 2.24) is 4.90 Å². The molecule has 4 heteroatoms. The van der Waals surface area contributed by atoms with Gasteiger partial charge in [-0.2, -0.15) is 0 Å². The third-order valence-electron chi connectivity index (χ3n) is 3.88. The van der Waals surface area contributed by atoms with Crippen LogP contribution in [-0.2, 0) is 0 Å². The summed E-state index contributed by atoms with van der Waals surface area (Å²) >= 11 is 4.97. The number of nitrogens with two attached hydrogens (primary N) is 1. The second-order valence-electron chi connectivity index (χ2n) is 5.62. The van der Waals surface area contributed by atoms with Crippen LogP contribution in [0.3, 0.4) is 0 Å². The van der Waals surface area contributed by atoms with Crippen molar-refractivity contribution in [2.75, 3.05) is 26.2 Å². The molecular formula is C16H24N2OS. The average Bonchev–Trinajstić information content (AvgIpc) is 2.46. The van der Waals surface area contributed by atoms with Crippen molar-refractivity contribution in [3.05, 3.63) is 29.8 Å². The molecule has 0 unspecified atom stereocenters. The van der Waals surface area contributed by atoms with E-state index in [4.69, 9.17) is 22.7 Å². The zero-order valence-corrected chi connectivity index (χ0v) is 13.0. The zero-order valence-electron chi connectivity index (χ0n) is 12.2. The Morgan fingerprint density at radius 1 is 1.40 bits per heavy atom. The first kappa shape index (κ1) is 15.3. The van der Waals surface area contributed by atoms with Crippen molar-refractivity contribution in [3.63, 3.8) is 0 Å². The van der Waals surface area contributed by atoms with Gasteiger partial charge in [0.05, 0.1) is 6.61 Å². The van der Waals surface area contributed by atoms with E-state index in [0.717, 1.165) is 36.8 Å². The number of likely N-dealkylation sites (tertiary alicyclic amines) is 1. The Kier molecular flexibility index (Phi) is 5.80. The van der Waals surface area contributed by atoms with E-state index in [2.05, 4.69) is 11.8 Å². The maximum Gasteiger partial charge on any atom is 0.119 e. The van der Waals surface area contributed by atoms with Gasteiger partial charge < -0.3 is 15.4 Å². The molecule has 1 fully saturated rings. The van der Waals surface area contributed by atoms with Gasteiger partial charge in [0.25, 0.3) is 0 Å². The molecule has 1 saturated heterocycles. The van der Waals surface area contributed by atoms with E-state index in [0.29, 0.717) is 4.99 Å². The number of nitrogens with zero attached hydrogens (tertiary/aromatic N) is 1. The molecule has 0 amide bonds. The van der Waals surface area contributed by atoms with Gasteiger partial charge in [0.15, 0.2) is 0 Å². The molecule has 0 spiro atoms. The number of hydrogen-bond acceptors (Lipinski definition) is 3. The summed E-state index contributed by atoms with van der Waals surface area (Å²) in [6.45, 7) is 6.68. The summed E-state index contributed by atoms with van der Waals surface area (Å²) in [6, 6.07) is 7.69. The van der Waals surface area contributed by atoms with E-state index >= 15 is 0 Å². The molecule has 1 aromatic rings. The van der Waals surface area contributed by atoms with Crippen LogP contribution in [0.4, 0.5) is 0 Å². The minimum absolute atomic E-state index is 0.415. The SMILES string of the molecule is CC1CCN(CCCOc2cccc(C(N)=S)c2)CC1. The fourth-order valence-corrected chi connectivity index (χ4v) is 2.63. The van der Waals surface area contributed by atoms with Gasteiger partial charge in [-0.1, -0.05) is 31.3 Å². The summed E-state index contributed by atoms with van der Waals surface area (Å²) in [4.78, 5) is 2.95. The molecule has 1 aromatic carbocycles. The molecule has 1 aliphatic rings. The number of piperidine rings is 1. The van der Waals surface area contributed by atoms with Gasteiger partial charge in [-0.25, -0.2) is 0 Å². The van der Waals surface area contributed by atoms with E-state index in [1.165, 1.54) is 25.9 Å². The molecule has 1 aliphatic heterocycles. The van der Waals surface area contributed by atoms with Crippen LogP contribution in [0.15, 0.2) is 24.3 Å². The van der Waals surface area contributed by atoms with E-state index in [9.17, 15) is 0 Å². The standard InChI is InChI=1S/C16H24N2OS/c1-13-6-9-18(10-7-13)8-3-11-19-15-5-2-4-14(12-15)16(17)20/h2,4-5,12-13H,3,6-11H2,1H3,(H2,17,20). The first-order valence-corrected chi connectivity index (χ1v) is 7.81. The summed E-state index contributed by atoms with van der Waals surface area (Å²) in [7, 11) is 0. The highest BCUT2D eigenvalue weighted by atomic mass is 32.1. The molecule has 1 heterocycles. The zero-order chi connectivity index (χ0) is 14.4. The largest absolute Gasteiger partial charge is 0.494 e. The van der Waals surface area contributed by atoms with Gasteiger partial charge >= 0.3 is 0 Å². The monoisotopic (exact) mass is 292 g/mol. The van der Waals surface area contributed by atoms with E-state index in [1.54, 1.807) is 0 Å². The van der Waals surface area contributed by atoms with Crippen LogP contribution in [0.25, 0.3) is 0 Å². The summed E-state index contributed by atoms with van der Waals surface area (Å²) < 4.78 is 5.77. The fraction of sp³-hybridized carbons (Fsp3) is 0.562. The van der Waals surface area contributed by atoms with Crippen molar-refractivity contribution >= 4 is 17.2 Å². The second kappa shape index (κ2) is 7.60. The predicted molar refractivity (Wildman–Crippen MR) is 87.3 cm³/mol. The summed E-state index contributed by atoms with van der Waals surface area (Å²) in [5, 5.41) is 0. The second-order valence-corrected chi connectivity index (χ2v) is 6.06. The molecule has 110 valence electrons. The Balaban J connectivity index is 1.68. The third-order valence-corrected chi connectivity index (χ3v) is 4.12. The fourth-order valence-electron chi connectivity index (χ4n) is 2.50. The smallest absolute Gasteiger partial charge is 0.119 e. The number of hydrogen-bond donors (Lipinski definition) is 1. The minimum Gasteiger partial charge on any atom is -0.494 e. The summed E-state index contributed by atoms with van der Waals surface area (Å²) in [5.41, 5.74) is 6.48. The number of thiocarbonyl (C=S) groups is 1. The molecule has 2 rings (SSSR count). The Morgan fingerprint density at radius 3 is 2.85 bits per heavy atom. The predicted octanol–water partition coefficient (Wildman–Crippen LogP) is 2.82. The highest BCUT2D eigenvalue weighted by molar-refractivity contribution is 7.80. The first-order chi connectivity index (χ1) is 9.65. The molecule has 0 atom stereocenters. The lowest BCUT2D eigenvalue weighted by Gasteiger charge is -2.30. The van der Waals surface area contributed by atoms with Crippen LogP contribution >= 0.6 is 12.2 Å². The lowest BCUT2D eigenvalue weighted by atomic mass is 9.99. The topological polar surface area (TPSA) is 38.5 Å². The Morgan fingerprint density at radius 2 is 2.15 bits per heavy atom. The van der Waals surface area contributed by atoms with Crippen molar-refractivity contribution < 1.29 is 4.74 Å². The van der Waals surface area contributed by atoms with E-state index in [-0.39, 0.29) is 0 Å². The van der Waals surface area contributed by atoms with Gasteiger partial charge in [0.2, 0.25) is 0 Å². The van der Waals surface area contributed by atoms with Gasteiger partial charge in [0.1, 0.15) is 10.7 Å². The highest BCUT2D eigenvalue weighted by Gasteiger charge is 2.14. The number of rotatable bonds is 6. The maximum atomic E-state index is 5.77. The van der Waals surface area contributed by atoms with Crippen LogP contribution < -0.4 is 10.5 Å². The van der Waals surface area contributed by atoms with Gasteiger partial charge in [-0.3, -0.25) is 0 Å². The molecule has 2 N–H and O–H groups in total. The number of benzene rings is 1. The van der Waals surface area contributed by atoms with Crippen LogP contribution in [-0.4, -0.2) is 36.1 Å². The third kappa shape index (κ3) is 4.76.